The number of aryl methyl sites for hydroxylation is 1. The van der Waals surface area contributed by atoms with E-state index in [0.717, 1.165) is 29.7 Å². The molecule has 0 amide bonds. The molecule has 0 N–H and O–H groups in total. The Bertz CT molecular complexity index is 501. The number of nitrogens with zero attached hydrogens (tertiary/aromatic N) is 2. The lowest BCUT2D eigenvalue weighted by atomic mass is 9.87. The Balaban J connectivity index is 2.41. The minimum Gasteiger partial charge on any atom is -0.383 e. The van der Waals surface area contributed by atoms with Crippen molar-refractivity contribution in [1.82, 2.24) is 4.90 Å². The van der Waals surface area contributed by atoms with Gasteiger partial charge < -0.3 is 9.80 Å². The summed E-state index contributed by atoms with van der Waals surface area (Å²) in [5.74, 6) is 0.175. The van der Waals surface area contributed by atoms with Crippen molar-refractivity contribution in [2.24, 2.45) is 0 Å². The molecule has 18 heavy (non-hydrogen) atoms. The second-order valence-corrected chi connectivity index (χ2v) is 5.18. The summed E-state index contributed by atoms with van der Waals surface area (Å²) in [6, 6.07) is 6.15. The second-order valence-electron chi connectivity index (χ2n) is 5.18. The van der Waals surface area contributed by atoms with Gasteiger partial charge in [-0.3, -0.25) is 4.79 Å². The van der Waals surface area contributed by atoms with E-state index in [9.17, 15) is 4.79 Å². The molecule has 0 saturated heterocycles. The number of benzene rings is 1. The van der Waals surface area contributed by atoms with Crippen LogP contribution in [-0.4, -0.2) is 38.9 Å². The summed E-state index contributed by atoms with van der Waals surface area (Å²) in [7, 11) is 7.88. The molecule has 0 aliphatic heterocycles. The molecule has 0 fully saturated rings. The predicted octanol–water partition coefficient (Wildman–Crippen LogP) is 2.33. The van der Waals surface area contributed by atoms with Crippen LogP contribution in [-0.2, 0) is 6.42 Å². The quantitative estimate of drug-likeness (QED) is 0.746. The first kappa shape index (κ1) is 12.7. The van der Waals surface area contributed by atoms with E-state index in [-0.39, 0.29) is 5.78 Å². The van der Waals surface area contributed by atoms with Crippen LogP contribution in [0.3, 0.4) is 0 Å². The van der Waals surface area contributed by atoms with E-state index in [0.29, 0.717) is 0 Å². The number of Topliss-reactive ketones (excluding diaryl/α,β-unsaturated/α-hetero) is 1. The zero-order valence-corrected chi connectivity index (χ0v) is 11.5. The monoisotopic (exact) mass is 244 g/mol. The summed E-state index contributed by atoms with van der Waals surface area (Å²) in [6.07, 6.45) is 3.73. The van der Waals surface area contributed by atoms with Crippen molar-refractivity contribution in [2.45, 2.75) is 12.8 Å². The maximum atomic E-state index is 12.4. The molecule has 0 unspecified atom stereocenters. The first-order valence-corrected chi connectivity index (χ1v) is 6.21. The highest BCUT2D eigenvalue weighted by Crippen LogP contribution is 2.28. The van der Waals surface area contributed by atoms with E-state index in [1.807, 2.05) is 50.3 Å². The van der Waals surface area contributed by atoms with Gasteiger partial charge in [-0.15, -0.1) is 0 Å². The van der Waals surface area contributed by atoms with E-state index in [1.54, 1.807) is 0 Å². The summed E-state index contributed by atoms with van der Waals surface area (Å²) < 4.78 is 0. The van der Waals surface area contributed by atoms with Crippen LogP contribution in [0.5, 0.6) is 0 Å². The van der Waals surface area contributed by atoms with Crippen molar-refractivity contribution in [3.63, 3.8) is 0 Å². The highest BCUT2D eigenvalue weighted by Gasteiger charge is 2.22. The zero-order valence-electron chi connectivity index (χ0n) is 11.5. The van der Waals surface area contributed by atoms with Crippen LogP contribution in [0.2, 0.25) is 0 Å². The number of carbonyl (C=O) groups excluding carboxylic acids is 1. The van der Waals surface area contributed by atoms with Gasteiger partial charge in [0.25, 0.3) is 0 Å². The van der Waals surface area contributed by atoms with Gasteiger partial charge in [-0.1, -0.05) is 6.07 Å². The summed E-state index contributed by atoms with van der Waals surface area (Å²) in [5, 5.41) is 0. The van der Waals surface area contributed by atoms with E-state index < -0.39 is 0 Å². The minimum absolute atomic E-state index is 0.175. The van der Waals surface area contributed by atoms with Crippen molar-refractivity contribution >= 4 is 11.5 Å². The number of fused-ring (bicyclic) bond motifs is 1. The van der Waals surface area contributed by atoms with Gasteiger partial charge in [-0.05, 0) is 30.5 Å². The van der Waals surface area contributed by atoms with Gasteiger partial charge in [0.05, 0.1) is 0 Å². The summed E-state index contributed by atoms with van der Waals surface area (Å²) in [4.78, 5) is 16.4. The maximum Gasteiger partial charge on any atom is 0.190 e. The van der Waals surface area contributed by atoms with Gasteiger partial charge in [0, 0.05) is 51.2 Å². The molecule has 1 aliphatic rings. The maximum absolute atomic E-state index is 12.4. The lowest BCUT2D eigenvalue weighted by Gasteiger charge is -2.21. The smallest absolute Gasteiger partial charge is 0.190 e. The Hall–Kier alpha value is -1.77. The predicted molar refractivity (Wildman–Crippen MR) is 75.2 cm³/mol. The summed E-state index contributed by atoms with van der Waals surface area (Å²) in [5.41, 5.74) is 4.01. The van der Waals surface area contributed by atoms with Crippen LogP contribution < -0.4 is 4.90 Å². The molecule has 0 heterocycles. The van der Waals surface area contributed by atoms with Crippen LogP contribution in [0, 0.1) is 0 Å². The van der Waals surface area contributed by atoms with Crippen LogP contribution in [0.15, 0.2) is 30.0 Å². The van der Waals surface area contributed by atoms with E-state index in [4.69, 9.17) is 0 Å². The largest absolute Gasteiger partial charge is 0.383 e. The molecule has 3 nitrogen and oxygen atoms in total. The fourth-order valence-corrected chi connectivity index (χ4v) is 2.26. The first-order valence-electron chi connectivity index (χ1n) is 6.21. The molecule has 2 rings (SSSR count). The first-order chi connectivity index (χ1) is 8.49. The van der Waals surface area contributed by atoms with E-state index >= 15 is 0 Å². The molecule has 0 radical (unpaired) electrons. The van der Waals surface area contributed by atoms with Crippen LogP contribution >= 0.6 is 0 Å². The molecule has 96 valence electrons. The van der Waals surface area contributed by atoms with Gasteiger partial charge in [0.1, 0.15) is 0 Å². The molecule has 1 aromatic rings. The lowest BCUT2D eigenvalue weighted by molar-refractivity contribution is 0.102. The van der Waals surface area contributed by atoms with Crippen LogP contribution in [0.25, 0.3) is 0 Å². The minimum atomic E-state index is 0.175. The number of hydrogen-bond acceptors (Lipinski definition) is 3. The highest BCUT2D eigenvalue weighted by molar-refractivity contribution is 6.11. The van der Waals surface area contributed by atoms with Crippen molar-refractivity contribution in [1.29, 1.82) is 0 Å². The Morgan fingerprint density at radius 3 is 2.44 bits per heavy atom. The highest BCUT2D eigenvalue weighted by atomic mass is 16.1. The molecular weight excluding hydrogens is 224 g/mol. The van der Waals surface area contributed by atoms with E-state index in [2.05, 4.69) is 12.1 Å². The average Bonchev–Trinajstić information content (AvgIpc) is 2.32. The van der Waals surface area contributed by atoms with Gasteiger partial charge >= 0.3 is 0 Å². The zero-order chi connectivity index (χ0) is 13.3. The summed E-state index contributed by atoms with van der Waals surface area (Å²) in [6.45, 7) is 0. The summed E-state index contributed by atoms with van der Waals surface area (Å²) >= 11 is 0. The molecule has 0 bridgehead atoms. The molecule has 3 heteroatoms. The Morgan fingerprint density at radius 1 is 1.11 bits per heavy atom. The molecule has 1 aliphatic carbocycles. The Labute approximate surface area is 109 Å². The number of rotatable bonds is 2. The van der Waals surface area contributed by atoms with Crippen LogP contribution in [0.4, 0.5) is 5.69 Å². The van der Waals surface area contributed by atoms with E-state index in [1.165, 1.54) is 5.56 Å². The van der Waals surface area contributed by atoms with Gasteiger partial charge in [0.2, 0.25) is 0 Å². The third-order valence-corrected chi connectivity index (χ3v) is 3.22. The number of ketones is 1. The average molecular weight is 244 g/mol. The molecule has 0 atom stereocenters. The van der Waals surface area contributed by atoms with Crippen molar-refractivity contribution in [2.75, 3.05) is 33.1 Å². The number of carbonyl (C=O) groups is 1. The third-order valence-electron chi connectivity index (χ3n) is 3.22. The fraction of sp³-hybridized carbons (Fsp3) is 0.400. The van der Waals surface area contributed by atoms with Crippen molar-refractivity contribution < 1.29 is 4.79 Å². The molecular formula is C15H20N2O. The SMILES string of the molecule is CN(C)/C=C1/CCc2ccc(N(C)C)cc2C1=O. The van der Waals surface area contributed by atoms with Gasteiger partial charge in [-0.2, -0.15) is 0 Å². The fourth-order valence-electron chi connectivity index (χ4n) is 2.26. The van der Waals surface area contributed by atoms with Gasteiger partial charge in [0.15, 0.2) is 5.78 Å². The van der Waals surface area contributed by atoms with Crippen molar-refractivity contribution in [3.05, 3.63) is 41.1 Å². The third kappa shape index (κ3) is 2.40. The number of allylic oxidation sites excluding steroid dienone is 1. The Kier molecular flexibility index (Phi) is 3.41. The molecule has 0 spiro atoms. The lowest BCUT2D eigenvalue weighted by Crippen LogP contribution is -2.18. The van der Waals surface area contributed by atoms with Gasteiger partial charge in [-0.25, -0.2) is 0 Å². The normalized spacial score (nSPS) is 16.7. The molecule has 0 aromatic heterocycles. The number of anilines is 1. The number of hydrogen-bond donors (Lipinski definition) is 0. The van der Waals surface area contributed by atoms with Crippen molar-refractivity contribution in [3.8, 4) is 0 Å². The topological polar surface area (TPSA) is 23.6 Å². The molecule has 1 aromatic carbocycles. The molecule has 0 saturated carbocycles. The van der Waals surface area contributed by atoms with Crippen LogP contribution in [0.1, 0.15) is 22.3 Å². The Morgan fingerprint density at radius 2 is 1.83 bits per heavy atom. The standard InChI is InChI=1S/C15H20N2O/c1-16(2)10-12-6-5-11-7-8-13(17(3)4)9-14(11)15(12)18/h7-10H,5-6H2,1-4H3/b12-10-. The second kappa shape index (κ2) is 4.84.